The fourth-order valence-corrected chi connectivity index (χ4v) is 2.35. The normalized spacial score (nSPS) is 10.0. The monoisotopic (exact) mass is 383 g/mol. The van der Waals surface area contributed by atoms with Gasteiger partial charge in [-0.2, -0.15) is 0 Å². The van der Waals surface area contributed by atoms with Crippen molar-refractivity contribution in [1.82, 2.24) is 10.3 Å². The Kier molecular flexibility index (Phi) is 5.27. The SMILES string of the molecule is Cc1cccnc1NC(=S)NC(=O)c1cc(Br)ccc1Cl. The third-order valence-electron chi connectivity index (χ3n) is 2.64. The molecule has 0 bridgehead atoms. The van der Waals surface area contributed by atoms with Crippen molar-refractivity contribution < 1.29 is 4.79 Å². The summed E-state index contributed by atoms with van der Waals surface area (Å²) in [5.41, 5.74) is 1.27. The summed E-state index contributed by atoms with van der Waals surface area (Å²) in [6.45, 7) is 1.89. The van der Waals surface area contributed by atoms with E-state index in [1.807, 2.05) is 19.1 Å². The Hall–Kier alpha value is -1.50. The number of amides is 1. The summed E-state index contributed by atoms with van der Waals surface area (Å²) < 4.78 is 0.761. The van der Waals surface area contributed by atoms with Crippen molar-refractivity contribution in [3.8, 4) is 0 Å². The number of anilines is 1. The molecule has 1 aromatic heterocycles. The lowest BCUT2D eigenvalue weighted by molar-refractivity contribution is 0.0978. The molecule has 7 heteroatoms. The van der Waals surface area contributed by atoms with Crippen LogP contribution in [0.2, 0.25) is 5.02 Å². The summed E-state index contributed by atoms with van der Waals surface area (Å²) in [4.78, 5) is 16.3. The highest BCUT2D eigenvalue weighted by molar-refractivity contribution is 9.10. The molecule has 4 nitrogen and oxygen atoms in total. The molecule has 0 aliphatic heterocycles. The van der Waals surface area contributed by atoms with Gasteiger partial charge in [-0.05, 0) is 49.0 Å². The Labute approximate surface area is 141 Å². The van der Waals surface area contributed by atoms with Crippen LogP contribution in [-0.4, -0.2) is 16.0 Å². The van der Waals surface area contributed by atoms with E-state index in [0.29, 0.717) is 16.4 Å². The summed E-state index contributed by atoms with van der Waals surface area (Å²) in [5.74, 6) is 0.218. The largest absolute Gasteiger partial charge is 0.317 e. The number of carbonyl (C=O) groups excluding carboxylic acids is 1. The van der Waals surface area contributed by atoms with Gasteiger partial charge in [0.2, 0.25) is 0 Å². The van der Waals surface area contributed by atoms with Gasteiger partial charge in [0.05, 0.1) is 10.6 Å². The number of aromatic nitrogens is 1. The van der Waals surface area contributed by atoms with Gasteiger partial charge in [0.25, 0.3) is 5.91 Å². The highest BCUT2D eigenvalue weighted by Gasteiger charge is 2.13. The minimum Gasteiger partial charge on any atom is -0.317 e. The van der Waals surface area contributed by atoms with Crippen molar-refractivity contribution in [2.45, 2.75) is 6.92 Å². The van der Waals surface area contributed by atoms with E-state index in [1.54, 1.807) is 24.4 Å². The number of halogens is 2. The van der Waals surface area contributed by atoms with Gasteiger partial charge in [-0.3, -0.25) is 10.1 Å². The zero-order valence-corrected chi connectivity index (χ0v) is 14.1. The Balaban J connectivity index is 2.08. The average molecular weight is 385 g/mol. The third-order valence-corrected chi connectivity index (χ3v) is 3.67. The predicted octanol–water partition coefficient (Wildman–Crippen LogP) is 3.93. The van der Waals surface area contributed by atoms with Crippen LogP contribution in [0.25, 0.3) is 0 Å². The van der Waals surface area contributed by atoms with Crippen LogP contribution in [0.5, 0.6) is 0 Å². The number of thiocarbonyl (C=S) groups is 1. The Bertz CT molecular complexity index is 708. The number of rotatable bonds is 2. The molecule has 0 radical (unpaired) electrons. The number of nitrogens with zero attached hydrogens (tertiary/aromatic N) is 1. The standard InChI is InChI=1S/C14H11BrClN3OS/c1-8-3-2-6-17-12(8)18-14(21)19-13(20)10-7-9(15)4-5-11(10)16/h2-7H,1H3,(H2,17,18,19,20,21). The van der Waals surface area contributed by atoms with Crippen LogP contribution in [-0.2, 0) is 0 Å². The Morgan fingerprint density at radius 3 is 2.86 bits per heavy atom. The third kappa shape index (κ3) is 4.23. The van der Waals surface area contributed by atoms with Crippen LogP contribution >= 0.6 is 39.7 Å². The first-order valence-electron chi connectivity index (χ1n) is 5.96. The molecule has 1 amide bonds. The summed E-state index contributed by atoms with van der Waals surface area (Å²) in [5, 5.41) is 5.97. The lowest BCUT2D eigenvalue weighted by Gasteiger charge is -2.11. The maximum atomic E-state index is 12.1. The van der Waals surface area contributed by atoms with Crippen molar-refractivity contribution >= 4 is 56.6 Å². The van der Waals surface area contributed by atoms with Gasteiger partial charge in [-0.15, -0.1) is 0 Å². The molecule has 0 aliphatic rings. The number of carbonyl (C=O) groups is 1. The first-order chi connectivity index (χ1) is 9.97. The number of pyridine rings is 1. The molecule has 2 aromatic rings. The minimum absolute atomic E-state index is 0.165. The fourth-order valence-electron chi connectivity index (χ4n) is 1.60. The number of benzene rings is 1. The fraction of sp³-hybridized carbons (Fsp3) is 0.0714. The van der Waals surface area contributed by atoms with E-state index in [9.17, 15) is 4.79 Å². The van der Waals surface area contributed by atoms with Gasteiger partial charge in [0, 0.05) is 10.7 Å². The molecule has 0 unspecified atom stereocenters. The van der Waals surface area contributed by atoms with Crippen LogP contribution in [0, 0.1) is 6.92 Å². The van der Waals surface area contributed by atoms with E-state index < -0.39 is 0 Å². The van der Waals surface area contributed by atoms with Crippen LogP contribution in [0.1, 0.15) is 15.9 Å². The number of hydrogen-bond donors (Lipinski definition) is 2. The van der Waals surface area contributed by atoms with Crippen molar-refractivity contribution in [2.75, 3.05) is 5.32 Å². The second kappa shape index (κ2) is 6.98. The molecule has 21 heavy (non-hydrogen) atoms. The molecule has 0 saturated heterocycles. The highest BCUT2D eigenvalue weighted by Crippen LogP contribution is 2.20. The molecule has 2 rings (SSSR count). The van der Waals surface area contributed by atoms with Gasteiger partial charge in [-0.25, -0.2) is 4.98 Å². The smallest absolute Gasteiger partial charge is 0.258 e. The van der Waals surface area contributed by atoms with E-state index in [4.69, 9.17) is 23.8 Å². The average Bonchev–Trinajstić information content (AvgIpc) is 2.44. The van der Waals surface area contributed by atoms with Crippen LogP contribution in [0.3, 0.4) is 0 Å². The molecule has 0 fully saturated rings. The van der Waals surface area contributed by atoms with Crippen LogP contribution in [0.15, 0.2) is 41.0 Å². The molecule has 108 valence electrons. The molecular weight excluding hydrogens is 374 g/mol. The molecule has 1 heterocycles. The van der Waals surface area contributed by atoms with E-state index in [1.165, 1.54) is 0 Å². The molecule has 2 N–H and O–H groups in total. The van der Waals surface area contributed by atoms with Gasteiger partial charge in [0.1, 0.15) is 5.82 Å². The van der Waals surface area contributed by atoms with Gasteiger partial charge in [0.15, 0.2) is 5.11 Å². The molecular formula is C14H11BrClN3OS. The molecule has 0 atom stereocenters. The van der Waals surface area contributed by atoms with Crippen molar-refractivity contribution in [2.24, 2.45) is 0 Å². The van der Waals surface area contributed by atoms with Crippen LogP contribution < -0.4 is 10.6 Å². The van der Waals surface area contributed by atoms with Crippen molar-refractivity contribution in [3.63, 3.8) is 0 Å². The summed E-state index contributed by atoms with van der Waals surface area (Å²) >= 11 is 14.4. The molecule has 0 saturated carbocycles. The number of aryl methyl sites for hydroxylation is 1. The first-order valence-corrected chi connectivity index (χ1v) is 7.54. The zero-order chi connectivity index (χ0) is 15.4. The van der Waals surface area contributed by atoms with E-state index >= 15 is 0 Å². The Morgan fingerprint density at radius 1 is 1.38 bits per heavy atom. The maximum Gasteiger partial charge on any atom is 0.258 e. The van der Waals surface area contributed by atoms with Gasteiger partial charge in [-0.1, -0.05) is 33.6 Å². The molecule has 0 spiro atoms. The predicted molar refractivity (Wildman–Crippen MR) is 91.8 cm³/mol. The zero-order valence-electron chi connectivity index (χ0n) is 11.0. The van der Waals surface area contributed by atoms with Crippen LogP contribution in [0.4, 0.5) is 5.82 Å². The second-order valence-electron chi connectivity index (χ2n) is 4.20. The summed E-state index contributed by atoms with van der Waals surface area (Å²) in [6, 6.07) is 8.74. The van der Waals surface area contributed by atoms with Gasteiger partial charge < -0.3 is 5.32 Å². The molecule has 0 aliphatic carbocycles. The van der Waals surface area contributed by atoms with E-state index in [-0.39, 0.29) is 11.0 Å². The minimum atomic E-state index is -0.382. The van der Waals surface area contributed by atoms with Gasteiger partial charge >= 0.3 is 0 Å². The topological polar surface area (TPSA) is 54.0 Å². The van der Waals surface area contributed by atoms with Crippen molar-refractivity contribution in [1.29, 1.82) is 0 Å². The lowest BCUT2D eigenvalue weighted by Crippen LogP contribution is -2.34. The second-order valence-corrected chi connectivity index (χ2v) is 5.93. The summed E-state index contributed by atoms with van der Waals surface area (Å²) in [7, 11) is 0. The maximum absolute atomic E-state index is 12.1. The quantitative estimate of drug-likeness (QED) is 0.770. The lowest BCUT2D eigenvalue weighted by atomic mass is 10.2. The van der Waals surface area contributed by atoms with E-state index in [2.05, 4.69) is 31.5 Å². The van der Waals surface area contributed by atoms with E-state index in [0.717, 1.165) is 10.0 Å². The number of hydrogen-bond acceptors (Lipinski definition) is 3. The molecule has 1 aromatic carbocycles. The highest BCUT2D eigenvalue weighted by atomic mass is 79.9. The summed E-state index contributed by atoms with van der Waals surface area (Å²) in [6.07, 6.45) is 1.64. The first kappa shape index (κ1) is 15.9. The Morgan fingerprint density at radius 2 is 2.14 bits per heavy atom. The number of nitrogens with one attached hydrogen (secondary N) is 2. The van der Waals surface area contributed by atoms with Crippen molar-refractivity contribution in [3.05, 3.63) is 57.2 Å².